The maximum atomic E-state index is 4.32. The Labute approximate surface area is 113 Å². The van der Waals surface area contributed by atoms with E-state index in [1.54, 1.807) is 0 Å². The van der Waals surface area contributed by atoms with Gasteiger partial charge in [-0.3, -0.25) is 0 Å². The van der Waals surface area contributed by atoms with Crippen molar-refractivity contribution in [2.75, 3.05) is 0 Å². The van der Waals surface area contributed by atoms with E-state index in [0.29, 0.717) is 0 Å². The van der Waals surface area contributed by atoms with E-state index in [1.165, 1.54) is 25.0 Å². The Balaban J connectivity index is 1.61. The Morgan fingerprint density at radius 3 is 3.00 bits per heavy atom. The molecular weight excluding hydrogens is 238 g/mol. The average molecular weight is 259 g/mol. The number of nitrogens with one attached hydrogen (secondary N) is 1. The highest BCUT2D eigenvalue weighted by Gasteiger charge is 2.14. The molecule has 1 aliphatic heterocycles. The summed E-state index contributed by atoms with van der Waals surface area (Å²) < 4.78 is 4.43. The van der Waals surface area contributed by atoms with Crippen molar-refractivity contribution in [2.24, 2.45) is 7.05 Å². The topological polar surface area (TPSA) is 47.7 Å². The molecule has 5 heteroatoms. The molecule has 0 amide bonds. The van der Waals surface area contributed by atoms with Gasteiger partial charge in [0.2, 0.25) is 0 Å². The standard InChI is InChI=1S/C14H21N5/c1-18-8-5-6-12(18)10-15-11-14-17-16-13-7-3-2-4-9-19(13)14/h5-6,8,15H,2-4,7,9-11H2,1H3. The smallest absolute Gasteiger partial charge is 0.147 e. The summed E-state index contributed by atoms with van der Waals surface area (Å²) in [6.45, 7) is 2.73. The second-order valence-corrected chi connectivity index (χ2v) is 5.21. The van der Waals surface area contributed by atoms with Gasteiger partial charge in [-0.25, -0.2) is 0 Å². The molecule has 0 atom stereocenters. The third-order valence-electron chi connectivity index (χ3n) is 3.83. The Hall–Kier alpha value is -1.62. The number of nitrogens with zero attached hydrogens (tertiary/aromatic N) is 4. The predicted octanol–water partition coefficient (Wildman–Crippen LogP) is 1.63. The van der Waals surface area contributed by atoms with Crippen LogP contribution in [0.5, 0.6) is 0 Å². The minimum Gasteiger partial charge on any atom is -0.353 e. The van der Waals surface area contributed by atoms with Crippen LogP contribution in [0.4, 0.5) is 0 Å². The molecule has 3 heterocycles. The Bertz CT molecular complexity index is 540. The zero-order valence-corrected chi connectivity index (χ0v) is 11.5. The average Bonchev–Trinajstić information content (AvgIpc) is 2.90. The molecule has 2 aromatic rings. The van der Waals surface area contributed by atoms with Gasteiger partial charge in [-0.15, -0.1) is 10.2 Å². The normalized spacial score (nSPS) is 15.2. The van der Waals surface area contributed by atoms with Crippen LogP contribution in [0.1, 0.15) is 36.6 Å². The van der Waals surface area contributed by atoms with Crippen LogP contribution < -0.4 is 5.32 Å². The van der Waals surface area contributed by atoms with E-state index in [4.69, 9.17) is 0 Å². The van der Waals surface area contributed by atoms with Crippen LogP contribution in [-0.4, -0.2) is 19.3 Å². The summed E-state index contributed by atoms with van der Waals surface area (Å²) in [5.41, 5.74) is 1.29. The summed E-state index contributed by atoms with van der Waals surface area (Å²) >= 11 is 0. The fourth-order valence-electron chi connectivity index (χ4n) is 2.66. The molecule has 0 saturated heterocycles. The van der Waals surface area contributed by atoms with Gasteiger partial charge in [-0.1, -0.05) is 6.42 Å². The Kier molecular flexibility index (Phi) is 3.64. The highest BCUT2D eigenvalue weighted by Crippen LogP contribution is 2.14. The zero-order chi connectivity index (χ0) is 13.1. The van der Waals surface area contributed by atoms with Crippen molar-refractivity contribution >= 4 is 0 Å². The van der Waals surface area contributed by atoms with Crippen molar-refractivity contribution in [2.45, 2.75) is 45.3 Å². The maximum Gasteiger partial charge on any atom is 0.147 e. The minimum atomic E-state index is 0.790. The van der Waals surface area contributed by atoms with E-state index in [9.17, 15) is 0 Å². The lowest BCUT2D eigenvalue weighted by Crippen LogP contribution is -2.18. The molecule has 1 N–H and O–H groups in total. The molecule has 102 valence electrons. The molecule has 0 spiro atoms. The van der Waals surface area contributed by atoms with Crippen LogP contribution in [0, 0.1) is 0 Å². The molecule has 1 aliphatic rings. The van der Waals surface area contributed by atoms with E-state index in [1.807, 2.05) is 0 Å². The van der Waals surface area contributed by atoms with Gasteiger partial charge in [0, 0.05) is 38.4 Å². The van der Waals surface area contributed by atoms with Gasteiger partial charge in [-0.05, 0) is 25.0 Å². The molecule has 0 fully saturated rings. The highest BCUT2D eigenvalue weighted by atomic mass is 15.3. The van der Waals surface area contributed by atoms with Gasteiger partial charge < -0.3 is 14.5 Å². The van der Waals surface area contributed by atoms with Gasteiger partial charge >= 0.3 is 0 Å². The van der Waals surface area contributed by atoms with Crippen LogP contribution in [0.25, 0.3) is 0 Å². The Morgan fingerprint density at radius 1 is 1.21 bits per heavy atom. The molecule has 0 unspecified atom stereocenters. The van der Waals surface area contributed by atoms with E-state index in [0.717, 1.165) is 37.7 Å². The van der Waals surface area contributed by atoms with Crippen LogP contribution in [0.15, 0.2) is 18.3 Å². The van der Waals surface area contributed by atoms with Crippen molar-refractivity contribution in [3.8, 4) is 0 Å². The first-order chi connectivity index (χ1) is 9.34. The fraction of sp³-hybridized carbons (Fsp3) is 0.571. The van der Waals surface area contributed by atoms with Crippen molar-refractivity contribution in [3.05, 3.63) is 35.7 Å². The van der Waals surface area contributed by atoms with Crippen LogP contribution in [-0.2, 0) is 33.1 Å². The van der Waals surface area contributed by atoms with Crippen molar-refractivity contribution < 1.29 is 0 Å². The number of rotatable bonds is 4. The van der Waals surface area contributed by atoms with Crippen LogP contribution in [0.3, 0.4) is 0 Å². The molecule has 0 aliphatic carbocycles. The summed E-state index contributed by atoms with van der Waals surface area (Å²) in [6.07, 6.45) is 6.94. The van der Waals surface area contributed by atoms with E-state index in [-0.39, 0.29) is 0 Å². The quantitative estimate of drug-likeness (QED) is 0.908. The summed E-state index contributed by atoms with van der Waals surface area (Å²) in [4.78, 5) is 0. The second kappa shape index (κ2) is 5.57. The van der Waals surface area contributed by atoms with E-state index >= 15 is 0 Å². The Morgan fingerprint density at radius 2 is 2.16 bits per heavy atom. The van der Waals surface area contributed by atoms with Crippen LogP contribution in [0.2, 0.25) is 0 Å². The molecule has 0 radical (unpaired) electrons. The second-order valence-electron chi connectivity index (χ2n) is 5.21. The number of fused-ring (bicyclic) bond motifs is 1. The first kappa shape index (κ1) is 12.4. The number of aryl methyl sites for hydroxylation is 2. The molecular formula is C14H21N5. The summed E-state index contributed by atoms with van der Waals surface area (Å²) in [7, 11) is 2.07. The zero-order valence-electron chi connectivity index (χ0n) is 11.5. The molecule has 5 nitrogen and oxygen atoms in total. The minimum absolute atomic E-state index is 0.790. The summed E-state index contributed by atoms with van der Waals surface area (Å²) in [5.74, 6) is 2.24. The van der Waals surface area contributed by atoms with Crippen molar-refractivity contribution in [1.29, 1.82) is 0 Å². The van der Waals surface area contributed by atoms with Gasteiger partial charge in [0.1, 0.15) is 11.6 Å². The lowest BCUT2D eigenvalue weighted by Gasteiger charge is -2.08. The SMILES string of the molecule is Cn1cccc1CNCc1nnc2n1CCCCC2. The lowest BCUT2D eigenvalue weighted by atomic mass is 10.2. The first-order valence-corrected chi connectivity index (χ1v) is 7.06. The number of hydrogen-bond donors (Lipinski definition) is 1. The van der Waals surface area contributed by atoms with Crippen LogP contribution >= 0.6 is 0 Å². The van der Waals surface area contributed by atoms with E-state index < -0.39 is 0 Å². The molecule has 0 bridgehead atoms. The van der Waals surface area contributed by atoms with Gasteiger partial charge in [-0.2, -0.15) is 0 Å². The largest absolute Gasteiger partial charge is 0.353 e. The molecule has 0 saturated carbocycles. The molecule has 2 aromatic heterocycles. The highest BCUT2D eigenvalue weighted by molar-refractivity contribution is 5.06. The summed E-state index contributed by atoms with van der Waals surface area (Å²) in [6, 6.07) is 4.21. The van der Waals surface area contributed by atoms with Gasteiger partial charge in [0.05, 0.1) is 6.54 Å². The summed E-state index contributed by atoms with van der Waals surface area (Å²) in [5, 5.41) is 12.1. The van der Waals surface area contributed by atoms with Crippen molar-refractivity contribution in [3.63, 3.8) is 0 Å². The van der Waals surface area contributed by atoms with E-state index in [2.05, 4.69) is 50.0 Å². The predicted molar refractivity (Wildman–Crippen MR) is 73.5 cm³/mol. The monoisotopic (exact) mass is 259 g/mol. The van der Waals surface area contributed by atoms with Crippen molar-refractivity contribution in [1.82, 2.24) is 24.6 Å². The van der Waals surface area contributed by atoms with Gasteiger partial charge in [0.25, 0.3) is 0 Å². The maximum absolute atomic E-state index is 4.32. The molecule has 19 heavy (non-hydrogen) atoms. The fourth-order valence-corrected chi connectivity index (χ4v) is 2.66. The molecule has 3 rings (SSSR count). The number of aromatic nitrogens is 4. The number of hydrogen-bond acceptors (Lipinski definition) is 3. The third kappa shape index (κ3) is 2.71. The third-order valence-corrected chi connectivity index (χ3v) is 3.83. The van der Waals surface area contributed by atoms with Gasteiger partial charge in [0.15, 0.2) is 0 Å². The molecule has 0 aromatic carbocycles. The lowest BCUT2D eigenvalue weighted by molar-refractivity contribution is 0.565. The first-order valence-electron chi connectivity index (χ1n) is 7.06.